The zero-order valence-electron chi connectivity index (χ0n) is 10.7. The fourth-order valence-corrected chi connectivity index (χ4v) is 3.08. The Kier molecular flexibility index (Phi) is 3.90. The normalized spacial score (nSPS) is 30.9. The van der Waals surface area contributed by atoms with Gasteiger partial charge in [-0.2, -0.15) is 0 Å². The van der Waals surface area contributed by atoms with E-state index < -0.39 is 11.5 Å². The van der Waals surface area contributed by atoms with Crippen LogP contribution in [0.2, 0.25) is 0 Å². The van der Waals surface area contributed by atoms with E-state index in [1.54, 1.807) is 0 Å². The van der Waals surface area contributed by atoms with E-state index in [0.717, 1.165) is 38.5 Å². The second-order valence-electron chi connectivity index (χ2n) is 5.74. The second-order valence-corrected chi connectivity index (χ2v) is 5.74. The van der Waals surface area contributed by atoms with E-state index in [1.165, 1.54) is 0 Å². The van der Waals surface area contributed by atoms with Crippen LogP contribution < -0.4 is 11.1 Å². The number of nitrogens with one attached hydrogen (secondary N) is 1. The molecule has 18 heavy (non-hydrogen) atoms. The lowest BCUT2D eigenvalue weighted by atomic mass is 9.81. The quantitative estimate of drug-likeness (QED) is 0.701. The highest BCUT2D eigenvalue weighted by Crippen LogP contribution is 2.29. The molecule has 2 saturated carbocycles. The summed E-state index contributed by atoms with van der Waals surface area (Å²) in [4.78, 5) is 23.0. The second kappa shape index (κ2) is 5.26. The lowest BCUT2D eigenvalue weighted by Crippen LogP contribution is -2.56. The van der Waals surface area contributed by atoms with Gasteiger partial charge in [-0.05, 0) is 32.1 Å². The molecule has 2 fully saturated rings. The summed E-state index contributed by atoms with van der Waals surface area (Å²) < 4.78 is 0. The van der Waals surface area contributed by atoms with Crippen LogP contribution in [0.15, 0.2) is 0 Å². The topological polar surface area (TPSA) is 92.4 Å². The maximum absolute atomic E-state index is 12.2. The lowest BCUT2D eigenvalue weighted by molar-refractivity contribution is -0.141. The largest absolute Gasteiger partial charge is 0.481 e. The SMILES string of the molecule is NC1(C(=O)N[C@H]2CC[C@@H](C(=O)O)C2)CCCCC1. The summed E-state index contributed by atoms with van der Waals surface area (Å²) in [5.74, 6) is -1.15. The van der Waals surface area contributed by atoms with E-state index in [2.05, 4.69) is 5.32 Å². The Morgan fingerprint density at radius 2 is 1.83 bits per heavy atom. The van der Waals surface area contributed by atoms with Crippen molar-refractivity contribution in [2.75, 3.05) is 0 Å². The maximum Gasteiger partial charge on any atom is 0.306 e. The molecule has 0 saturated heterocycles. The fourth-order valence-electron chi connectivity index (χ4n) is 3.08. The molecular formula is C13H22N2O3. The average Bonchev–Trinajstić information content (AvgIpc) is 2.78. The Hall–Kier alpha value is -1.10. The van der Waals surface area contributed by atoms with Crippen LogP contribution in [0.3, 0.4) is 0 Å². The smallest absolute Gasteiger partial charge is 0.306 e. The van der Waals surface area contributed by atoms with Gasteiger partial charge in [0.2, 0.25) is 5.91 Å². The molecule has 5 heteroatoms. The molecule has 0 bridgehead atoms. The van der Waals surface area contributed by atoms with Gasteiger partial charge >= 0.3 is 5.97 Å². The zero-order chi connectivity index (χ0) is 13.2. The molecular weight excluding hydrogens is 232 g/mol. The van der Waals surface area contributed by atoms with Crippen molar-refractivity contribution in [2.24, 2.45) is 11.7 Å². The molecule has 2 aliphatic carbocycles. The predicted molar refractivity (Wildman–Crippen MR) is 66.9 cm³/mol. The number of amides is 1. The Morgan fingerprint density at radius 3 is 2.39 bits per heavy atom. The molecule has 2 aliphatic rings. The number of rotatable bonds is 3. The molecule has 2 rings (SSSR count). The molecule has 2 atom stereocenters. The van der Waals surface area contributed by atoms with Crippen molar-refractivity contribution in [1.29, 1.82) is 0 Å². The highest BCUT2D eigenvalue weighted by atomic mass is 16.4. The minimum atomic E-state index is -0.758. The third-order valence-electron chi connectivity index (χ3n) is 4.32. The molecule has 0 spiro atoms. The predicted octanol–water partition coefficient (Wildman–Crippen LogP) is 1.02. The van der Waals surface area contributed by atoms with Gasteiger partial charge in [-0.3, -0.25) is 9.59 Å². The van der Waals surface area contributed by atoms with Crippen LogP contribution >= 0.6 is 0 Å². The highest BCUT2D eigenvalue weighted by Gasteiger charge is 2.38. The van der Waals surface area contributed by atoms with Gasteiger partial charge in [-0.25, -0.2) is 0 Å². The first-order chi connectivity index (χ1) is 8.51. The van der Waals surface area contributed by atoms with E-state index in [1.807, 2.05) is 0 Å². The van der Waals surface area contributed by atoms with E-state index in [0.29, 0.717) is 12.8 Å². The molecule has 0 aromatic rings. The minimum absolute atomic E-state index is 0.0130. The van der Waals surface area contributed by atoms with Crippen LogP contribution in [0.25, 0.3) is 0 Å². The van der Waals surface area contributed by atoms with Crippen molar-refractivity contribution < 1.29 is 14.7 Å². The van der Waals surface area contributed by atoms with Crippen molar-refractivity contribution in [3.05, 3.63) is 0 Å². The first-order valence-electron chi connectivity index (χ1n) is 6.84. The highest BCUT2D eigenvalue weighted by molar-refractivity contribution is 5.86. The van der Waals surface area contributed by atoms with E-state index in [9.17, 15) is 9.59 Å². The molecule has 5 nitrogen and oxygen atoms in total. The number of carbonyl (C=O) groups is 2. The summed E-state index contributed by atoms with van der Waals surface area (Å²) in [6.07, 6.45) is 6.59. The van der Waals surface area contributed by atoms with Crippen LogP contribution in [0.1, 0.15) is 51.4 Å². The summed E-state index contributed by atoms with van der Waals surface area (Å²) in [5, 5.41) is 11.9. The van der Waals surface area contributed by atoms with Crippen molar-refractivity contribution >= 4 is 11.9 Å². The van der Waals surface area contributed by atoms with Crippen LogP contribution in [0.4, 0.5) is 0 Å². The zero-order valence-corrected chi connectivity index (χ0v) is 10.7. The third kappa shape index (κ3) is 2.83. The standard InChI is InChI=1S/C13H22N2O3/c14-13(6-2-1-3-7-13)12(18)15-10-5-4-9(8-10)11(16)17/h9-10H,1-8,14H2,(H,15,18)(H,16,17)/t9-,10+/m1/s1. The first kappa shape index (κ1) is 13.3. The molecule has 0 aromatic heterocycles. The Balaban J connectivity index is 1.86. The Bertz CT molecular complexity index is 337. The molecule has 1 amide bonds. The minimum Gasteiger partial charge on any atom is -0.481 e. The number of aliphatic carboxylic acids is 1. The fraction of sp³-hybridized carbons (Fsp3) is 0.846. The van der Waals surface area contributed by atoms with Gasteiger partial charge in [-0.15, -0.1) is 0 Å². The number of nitrogens with two attached hydrogens (primary N) is 1. The Morgan fingerprint density at radius 1 is 1.17 bits per heavy atom. The number of hydrogen-bond donors (Lipinski definition) is 3. The molecule has 102 valence electrons. The molecule has 0 aliphatic heterocycles. The van der Waals surface area contributed by atoms with Gasteiger partial charge in [0.05, 0.1) is 11.5 Å². The number of hydrogen-bond acceptors (Lipinski definition) is 3. The summed E-state index contributed by atoms with van der Waals surface area (Å²) >= 11 is 0. The van der Waals surface area contributed by atoms with Crippen LogP contribution in [0.5, 0.6) is 0 Å². The van der Waals surface area contributed by atoms with Crippen molar-refractivity contribution in [2.45, 2.75) is 62.9 Å². The number of carbonyl (C=O) groups excluding carboxylic acids is 1. The number of carboxylic acid groups (broad SMARTS) is 1. The van der Waals surface area contributed by atoms with E-state index in [4.69, 9.17) is 10.8 Å². The summed E-state index contributed by atoms with van der Waals surface area (Å²) in [6.45, 7) is 0. The van der Waals surface area contributed by atoms with Gasteiger partial charge in [0.1, 0.15) is 0 Å². The Labute approximate surface area is 107 Å². The van der Waals surface area contributed by atoms with Crippen LogP contribution in [0, 0.1) is 5.92 Å². The van der Waals surface area contributed by atoms with E-state index in [-0.39, 0.29) is 17.9 Å². The molecule has 0 aromatic carbocycles. The maximum atomic E-state index is 12.2. The van der Waals surface area contributed by atoms with Crippen molar-refractivity contribution in [3.63, 3.8) is 0 Å². The van der Waals surface area contributed by atoms with Gasteiger partial charge in [-0.1, -0.05) is 19.3 Å². The molecule has 0 unspecified atom stereocenters. The van der Waals surface area contributed by atoms with Gasteiger partial charge < -0.3 is 16.2 Å². The van der Waals surface area contributed by atoms with Crippen LogP contribution in [-0.4, -0.2) is 28.6 Å². The molecule has 0 radical (unpaired) electrons. The lowest BCUT2D eigenvalue weighted by Gasteiger charge is -2.33. The van der Waals surface area contributed by atoms with Gasteiger partial charge in [0, 0.05) is 6.04 Å². The summed E-state index contributed by atoms with van der Waals surface area (Å²) in [5.41, 5.74) is 5.42. The van der Waals surface area contributed by atoms with Gasteiger partial charge in [0.25, 0.3) is 0 Å². The summed E-state index contributed by atoms with van der Waals surface area (Å²) in [6, 6.07) is -0.0130. The first-order valence-corrected chi connectivity index (χ1v) is 6.84. The number of carboxylic acids is 1. The van der Waals surface area contributed by atoms with Crippen molar-refractivity contribution in [1.82, 2.24) is 5.32 Å². The van der Waals surface area contributed by atoms with Gasteiger partial charge in [0.15, 0.2) is 0 Å². The third-order valence-corrected chi connectivity index (χ3v) is 4.32. The molecule has 0 heterocycles. The monoisotopic (exact) mass is 254 g/mol. The van der Waals surface area contributed by atoms with Crippen LogP contribution in [-0.2, 0) is 9.59 Å². The van der Waals surface area contributed by atoms with Crippen molar-refractivity contribution in [3.8, 4) is 0 Å². The summed E-state index contributed by atoms with van der Waals surface area (Å²) in [7, 11) is 0. The average molecular weight is 254 g/mol. The van der Waals surface area contributed by atoms with E-state index >= 15 is 0 Å². The molecule has 4 N–H and O–H groups in total.